The number of hydrogen-bond donors (Lipinski definition) is 1. The minimum Gasteiger partial charge on any atom is -0.337 e. The van der Waals surface area contributed by atoms with E-state index in [2.05, 4.69) is 4.98 Å². The fourth-order valence-corrected chi connectivity index (χ4v) is 2.94. The van der Waals surface area contributed by atoms with Crippen molar-refractivity contribution in [2.24, 2.45) is 0 Å². The van der Waals surface area contributed by atoms with Crippen molar-refractivity contribution in [2.75, 3.05) is 5.84 Å². The Bertz CT molecular complexity index is 723. The number of nitrogen functional groups attached to an aromatic ring is 1. The van der Waals surface area contributed by atoms with Crippen LogP contribution in [0.5, 0.6) is 0 Å². The second-order valence-electron chi connectivity index (χ2n) is 4.60. The number of aromatic nitrogens is 2. The SMILES string of the molecule is Nn1cc(-c2ccccc2)nc1SCc1ccc(Cl)cc1. The molecule has 0 fully saturated rings. The van der Waals surface area contributed by atoms with Gasteiger partial charge in [-0.15, -0.1) is 0 Å². The van der Waals surface area contributed by atoms with Crippen LogP contribution in [0.1, 0.15) is 5.56 Å². The lowest BCUT2D eigenvalue weighted by Gasteiger charge is -2.01. The lowest BCUT2D eigenvalue weighted by molar-refractivity contribution is 0.851. The molecule has 21 heavy (non-hydrogen) atoms. The standard InChI is InChI=1S/C16H14ClN3S/c17-14-8-6-12(7-9-14)11-21-16-19-15(10-20(16)18)13-4-2-1-3-5-13/h1-10H,11,18H2. The Kier molecular flexibility index (Phi) is 4.18. The fourth-order valence-electron chi connectivity index (χ4n) is 1.96. The van der Waals surface area contributed by atoms with Crippen LogP contribution in [0.4, 0.5) is 0 Å². The molecule has 0 saturated carbocycles. The number of halogens is 1. The maximum Gasteiger partial charge on any atom is 0.187 e. The van der Waals surface area contributed by atoms with Crippen molar-refractivity contribution in [1.29, 1.82) is 0 Å². The topological polar surface area (TPSA) is 43.8 Å². The highest BCUT2D eigenvalue weighted by Gasteiger charge is 2.08. The van der Waals surface area contributed by atoms with Gasteiger partial charge in [-0.05, 0) is 17.7 Å². The zero-order chi connectivity index (χ0) is 14.7. The molecule has 5 heteroatoms. The first-order valence-corrected chi connectivity index (χ1v) is 7.86. The summed E-state index contributed by atoms with van der Waals surface area (Å²) in [6.07, 6.45) is 1.85. The number of hydrogen-bond acceptors (Lipinski definition) is 3. The number of benzene rings is 2. The summed E-state index contributed by atoms with van der Waals surface area (Å²) in [5.74, 6) is 6.78. The molecule has 0 aliphatic carbocycles. The Morgan fingerprint density at radius 3 is 2.48 bits per heavy atom. The summed E-state index contributed by atoms with van der Waals surface area (Å²) in [6.45, 7) is 0. The van der Waals surface area contributed by atoms with E-state index in [9.17, 15) is 0 Å². The van der Waals surface area contributed by atoms with Crippen LogP contribution >= 0.6 is 23.4 Å². The smallest absolute Gasteiger partial charge is 0.187 e. The van der Waals surface area contributed by atoms with Crippen LogP contribution in [0.15, 0.2) is 66.0 Å². The van der Waals surface area contributed by atoms with Gasteiger partial charge in [0.05, 0.1) is 11.9 Å². The molecule has 2 N–H and O–H groups in total. The van der Waals surface area contributed by atoms with Gasteiger partial charge in [0.2, 0.25) is 0 Å². The van der Waals surface area contributed by atoms with Crippen LogP contribution in [0.3, 0.4) is 0 Å². The predicted molar refractivity (Wildman–Crippen MR) is 88.8 cm³/mol. The first-order valence-electron chi connectivity index (χ1n) is 6.49. The number of nitrogens with two attached hydrogens (primary N) is 1. The molecule has 0 amide bonds. The van der Waals surface area contributed by atoms with E-state index >= 15 is 0 Å². The minimum atomic E-state index is 0.746. The van der Waals surface area contributed by atoms with Crippen molar-refractivity contribution in [2.45, 2.75) is 10.9 Å². The maximum atomic E-state index is 5.98. The van der Waals surface area contributed by atoms with E-state index in [1.165, 1.54) is 5.56 Å². The van der Waals surface area contributed by atoms with Gasteiger partial charge in [0.15, 0.2) is 5.16 Å². The molecule has 3 aromatic rings. The summed E-state index contributed by atoms with van der Waals surface area (Å²) in [7, 11) is 0. The molecule has 0 aliphatic heterocycles. The Morgan fingerprint density at radius 1 is 1.05 bits per heavy atom. The highest BCUT2D eigenvalue weighted by Crippen LogP contribution is 2.25. The van der Waals surface area contributed by atoms with Gasteiger partial charge in [-0.1, -0.05) is 65.8 Å². The summed E-state index contributed by atoms with van der Waals surface area (Å²) in [6, 6.07) is 17.8. The Hall–Kier alpha value is -1.91. The van der Waals surface area contributed by atoms with Crippen molar-refractivity contribution in [1.82, 2.24) is 9.66 Å². The molecule has 3 nitrogen and oxygen atoms in total. The molecule has 0 atom stereocenters. The van der Waals surface area contributed by atoms with Crippen LogP contribution in [-0.2, 0) is 5.75 Å². The second kappa shape index (κ2) is 6.24. The van der Waals surface area contributed by atoms with Crippen LogP contribution < -0.4 is 5.84 Å². The lowest BCUT2D eigenvalue weighted by atomic mass is 10.2. The number of rotatable bonds is 4. The van der Waals surface area contributed by atoms with Gasteiger partial charge in [0.25, 0.3) is 0 Å². The number of nitrogens with zero attached hydrogens (tertiary/aromatic N) is 2. The van der Waals surface area contributed by atoms with E-state index in [0.717, 1.165) is 27.2 Å². The van der Waals surface area contributed by atoms with Gasteiger partial charge >= 0.3 is 0 Å². The van der Waals surface area contributed by atoms with Crippen LogP contribution in [0, 0.1) is 0 Å². The summed E-state index contributed by atoms with van der Waals surface area (Å²) < 4.78 is 1.57. The van der Waals surface area contributed by atoms with E-state index < -0.39 is 0 Å². The lowest BCUT2D eigenvalue weighted by Crippen LogP contribution is -2.07. The third-order valence-corrected chi connectivity index (χ3v) is 4.34. The summed E-state index contributed by atoms with van der Waals surface area (Å²) in [5, 5.41) is 1.54. The first-order chi connectivity index (χ1) is 10.2. The zero-order valence-corrected chi connectivity index (χ0v) is 12.8. The van der Waals surface area contributed by atoms with Gasteiger partial charge < -0.3 is 5.84 Å². The average Bonchev–Trinajstić information content (AvgIpc) is 2.89. The van der Waals surface area contributed by atoms with Crippen LogP contribution in [-0.4, -0.2) is 9.66 Å². The van der Waals surface area contributed by atoms with Crippen molar-refractivity contribution in [3.05, 3.63) is 71.4 Å². The number of imidazole rings is 1. The average molecular weight is 316 g/mol. The van der Waals surface area contributed by atoms with Gasteiger partial charge in [-0.2, -0.15) is 0 Å². The Labute approximate surface area is 132 Å². The van der Waals surface area contributed by atoms with E-state index in [1.54, 1.807) is 16.4 Å². The molecule has 0 bridgehead atoms. The predicted octanol–water partition coefficient (Wildman–Crippen LogP) is 4.21. The van der Waals surface area contributed by atoms with Crippen molar-refractivity contribution < 1.29 is 0 Å². The summed E-state index contributed by atoms with van der Waals surface area (Å²) in [4.78, 5) is 4.59. The maximum absolute atomic E-state index is 5.98. The third kappa shape index (κ3) is 3.40. The molecule has 0 aliphatic rings. The van der Waals surface area contributed by atoms with Crippen LogP contribution in [0.2, 0.25) is 5.02 Å². The van der Waals surface area contributed by atoms with Gasteiger partial charge in [0, 0.05) is 16.3 Å². The van der Waals surface area contributed by atoms with E-state index in [0.29, 0.717) is 0 Å². The van der Waals surface area contributed by atoms with Crippen molar-refractivity contribution >= 4 is 23.4 Å². The molecular formula is C16H14ClN3S. The van der Waals surface area contributed by atoms with Gasteiger partial charge in [-0.3, -0.25) is 0 Å². The Morgan fingerprint density at radius 2 is 1.76 bits per heavy atom. The van der Waals surface area contributed by atoms with Crippen LogP contribution in [0.25, 0.3) is 11.3 Å². The molecule has 2 aromatic carbocycles. The third-order valence-electron chi connectivity index (χ3n) is 3.05. The van der Waals surface area contributed by atoms with Crippen molar-refractivity contribution in [3.63, 3.8) is 0 Å². The second-order valence-corrected chi connectivity index (χ2v) is 5.98. The fraction of sp³-hybridized carbons (Fsp3) is 0.0625. The molecule has 0 spiro atoms. The normalized spacial score (nSPS) is 10.7. The molecular weight excluding hydrogens is 302 g/mol. The summed E-state index contributed by atoms with van der Waals surface area (Å²) >= 11 is 7.49. The molecule has 0 unspecified atom stereocenters. The summed E-state index contributed by atoms with van der Waals surface area (Å²) in [5.41, 5.74) is 3.14. The molecule has 0 radical (unpaired) electrons. The van der Waals surface area contributed by atoms with Crippen molar-refractivity contribution in [3.8, 4) is 11.3 Å². The molecule has 1 heterocycles. The van der Waals surface area contributed by atoms with E-state index in [4.69, 9.17) is 17.4 Å². The zero-order valence-electron chi connectivity index (χ0n) is 11.2. The molecule has 1 aromatic heterocycles. The van der Waals surface area contributed by atoms with E-state index in [1.807, 2.05) is 60.8 Å². The molecule has 0 saturated heterocycles. The highest BCUT2D eigenvalue weighted by atomic mass is 35.5. The molecule has 106 valence electrons. The van der Waals surface area contributed by atoms with Gasteiger partial charge in [0.1, 0.15) is 0 Å². The monoisotopic (exact) mass is 315 g/mol. The Balaban J connectivity index is 1.74. The van der Waals surface area contributed by atoms with E-state index in [-0.39, 0.29) is 0 Å². The quantitative estimate of drug-likeness (QED) is 0.579. The molecule has 3 rings (SSSR count). The van der Waals surface area contributed by atoms with Gasteiger partial charge in [-0.25, -0.2) is 9.66 Å². The first kappa shape index (κ1) is 14.0. The number of thioether (sulfide) groups is 1. The minimum absolute atomic E-state index is 0.746. The largest absolute Gasteiger partial charge is 0.337 e. The highest BCUT2D eigenvalue weighted by molar-refractivity contribution is 7.98.